The summed E-state index contributed by atoms with van der Waals surface area (Å²) in [5, 5.41) is 2.65. The monoisotopic (exact) mass is 449 g/mol. The van der Waals surface area contributed by atoms with Crippen molar-refractivity contribution in [3.05, 3.63) is 65.2 Å². The van der Waals surface area contributed by atoms with Gasteiger partial charge in [0.2, 0.25) is 5.91 Å². The highest BCUT2D eigenvalue weighted by molar-refractivity contribution is 5.95. The number of carbonyl (C=O) groups excluding carboxylic acids is 1. The minimum Gasteiger partial charge on any atom is -0.326 e. The predicted octanol–water partition coefficient (Wildman–Crippen LogP) is 4.61. The van der Waals surface area contributed by atoms with Gasteiger partial charge in [-0.2, -0.15) is 13.2 Å². The average molecular weight is 450 g/mol. The second-order valence-electron chi connectivity index (χ2n) is 6.72. The van der Waals surface area contributed by atoms with Crippen LogP contribution in [0.2, 0.25) is 0 Å². The van der Waals surface area contributed by atoms with Crippen molar-refractivity contribution < 1.29 is 18.0 Å². The van der Waals surface area contributed by atoms with Crippen LogP contribution in [-0.2, 0) is 24.1 Å². The van der Waals surface area contributed by atoms with Gasteiger partial charge in [-0.3, -0.25) is 9.69 Å². The summed E-state index contributed by atoms with van der Waals surface area (Å²) in [5.74, 6) is -0.286. The molecule has 2 aromatic rings. The Labute approximate surface area is 180 Å². The van der Waals surface area contributed by atoms with Crippen molar-refractivity contribution in [3.8, 4) is 0 Å². The molecule has 1 heterocycles. The number of carbonyl (C=O) groups is 1. The Morgan fingerprint density at radius 2 is 1.79 bits per heavy atom. The first-order chi connectivity index (χ1) is 12.9. The summed E-state index contributed by atoms with van der Waals surface area (Å²) in [4.78, 5) is 14.8. The summed E-state index contributed by atoms with van der Waals surface area (Å²) in [5.41, 5.74) is 6.24. The summed E-state index contributed by atoms with van der Waals surface area (Å²) < 4.78 is 39.2. The number of alkyl halides is 3. The van der Waals surface area contributed by atoms with Crippen molar-refractivity contribution >= 4 is 36.4 Å². The van der Waals surface area contributed by atoms with E-state index in [0.29, 0.717) is 18.5 Å². The van der Waals surface area contributed by atoms with E-state index in [-0.39, 0.29) is 49.0 Å². The first-order valence-electron chi connectivity index (χ1n) is 8.87. The number of hydrogen-bond acceptors (Lipinski definition) is 3. The molecule has 1 unspecified atom stereocenters. The van der Waals surface area contributed by atoms with Crippen LogP contribution in [0.1, 0.15) is 29.5 Å². The molecule has 0 saturated carbocycles. The summed E-state index contributed by atoms with van der Waals surface area (Å²) in [6.45, 7) is 1.38. The summed E-state index contributed by atoms with van der Waals surface area (Å²) >= 11 is 0. The first kappa shape index (κ1) is 25.2. The maximum Gasteiger partial charge on any atom is 0.416 e. The van der Waals surface area contributed by atoms with E-state index >= 15 is 0 Å². The molecule has 29 heavy (non-hydrogen) atoms. The summed E-state index contributed by atoms with van der Waals surface area (Å²) in [6.07, 6.45) is -2.93. The summed E-state index contributed by atoms with van der Waals surface area (Å²) in [6, 6.07) is 12.9. The largest absolute Gasteiger partial charge is 0.416 e. The quantitative estimate of drug-likeness (QED) is 0.700. The highest BCUT2D eigenvalue weighted by Gasteiger charge is 2.33. The summed E-state index contributed by atoms with van der Waals surface area (Å²) in [7, 11) is 0. The van der Waals surface area contributed by atoms with Gasteiger partial charge in [0.25, 0.3) is 0 Å². The minimum absolute atomic E-state index is 0. The number of amides is 1. The molecule has 4 nitrogen and oxygen atoms in total. The molecule has 2 aromatic carbocycles. The topological polar surface area (TPSA) is 58.4 Å². The number of anilines is 1. The fourth-order valence-electron chi connectivity index (χ4n) is 3.40. The molecule has 1 fully saturated rings. The zero-order valence-electron chi connectivity index (χ0n) is 15.6. The van der Waals surface area contributed by atoms with E-state index in [9.17, 15) is 18.0 Å². The number of nitrogens with two attached hydrogens (primary N) is 1. The molecule has 1 saturated heterocycles. The van der Waals surface area contributed by atoms with Crippen LogP contribution in [0.4, 0.5) is 18.9 Å². The fourth-order valence-corrected chi connectivity index (χ4v) is 3.40. The lowest BCUT2D eigenvalue weighted by molar-refractivity contribution is -0.137. The van der Waals surface area contributed by atoms with Gasteiger partial charge < -0.3 is 11.1 Å². The van der Waals surface area contributed by atoms with Crippen molar-refractivity contribution in [2.75, 3.05) is 11.9 Å². The fraction of sp³-hybridized carbons (Fsp3) is 0.350. The molecular formula is C20H24Cl2F3N3O. The van der Waals surface area contributed by atoms with Gasteiger partial charge in [-0.25, -0.2) is 0 Å². The van der Waals surface area contributed by atoms with E-state index in [2.05, 4.69) is 10.2 Å². The van der Waals surface area contributed by atoms with Crippen molar-refractivity contribution in [1.82, 2.24) is 4.90 Å². The molecule has 9 heteroatoms. The van der Waals surface area contributed by atoms with Crippen molar-refractivity contribution in [3.63, 3.8) is 0 Å². The van der Waals surface area contributed by atoms with E-state index < -0.39 is 11.7 Å². The van der Waals surface area contributed by atoms with Gasteiger partial charge in [-0.05, 0) is 48.7 Å². The average Bonchev–Trinajstić information content (AvgIpc) is 3.09. The third kappa shape index (κ3) is 6.60. The van der Waals surface area contributed by atoms with Gasteiger partial charge >= 0.3 is 6.18 Å². The van der Waals surface area contributed by atoms with Crippen LogP contribution in [0, 0.1) is 0 Å². The number of likely N-dealkylation sites (tertiary alicyclic amines) is 1. The van der Waals surface area contributed by atoms with Crippen LogP contribution in [0.3, 0.4) is 0 Å². The molecule has 0 bridgehead atoms. The van der Waals surface area contributed by atoms with Gasteiger partial charge in [-0.15, -0.1) is 24.8 Å². The molecule has 1 amide bonds. The maximum absolute atomic E-state index is 13.1. The third-order valence-corrected chi connectivity index (χ3v) is 4.72. The zero-order chi connectivity index (χ0) is 19.4. The van der Waals surface area contributed by atoms with E-state index in [4.69, 9.17) is 5.73 Å². The van der Waals surface area contributed by atoms with Crippen LogP contribution in [0.15, 0.2) is 48.5 Å². The van der Waals surface area contributed by atoms with Crippen molar-refractivity contribution in [1.29, 1.82) is 0 Å². The predicted molar refractivity (Wildman–Crippen MR) is 112 cm³/mol. The van der Waals surface area contributed by atoms with Gasteiger partial charge in [0.05, 0.1) is 11.6 Å². The van der Waals surface area contributed by atoms with Crippen molar-refractivity contribution in [2.24, 2.45) is 5.73 Å². The highest BCUT2D eigenvalue weighted by Crippen LogP contribution is 2.32. The number of nitrogens with one attached hydrogen (secondary N) is 1. The number of nitrogens with zero attached hydrogens (tertiary/aromatic N) is 1. The van der Waals surface area contributed by atoms with Crippen LogP contribution in [-0.4, -0.2) is 23.4 Å². The van der Waals surface area contributed by atoms with Gasteiger partial charge in [-0.1, -0.05) is 30.3 Å². The maximum atomic E-state index is 13.1. The van der Waals surface area contributed by atoms with Crippen LogP contribution in [0.5, 0.6) is 0 Å². The molecular weight excluding hydrogens is 426 g/mol. The lowest BCUT2D eigenvalue weighted by Gasteiger charge is -2.24. The molecule has 3 N–H and O–H groups in total. The van der Waals surface area contributed by atoms with E-state index in [1.807, 2.05) is 30.3 Å². The minimum atomic E-state index is -4.49. The Kier molecular flexibility index (Phi) is 9.42. The van der Waals surface area contributed by atoms with Gasteiger partial charge in [0.1, 0.15) is 0 Å². The Morgan fingerprint density at radius 1 is 1.10 bits per heavy atom. The number of halogens is 5. The molecule has 160 valence electrons. The van der Waals surface area contributed by atoms with Crippen molar-refractivity contribution in [2.45, 2.75) is 38.1 Å². The normalized spacial score (nSPS) is 16.6. The molecule has 0 radical (unpaired) electrons. The van der Waals surface area contributed by atoms with Gasteiger partial charge in [0, 0.05) is 18.8 Å². The second kappa shape index (κ2) is 10.8. The van der Waals surface area contributed by atoms with Crippen LogP contribution >= 0.6 is 24.8 Å². The lowest BCUT2D eigenvalue weighted by Crippen LogP contribution is -2.39. The van der Waals surface area contributed by atoms with Gasteiger partial charge in [0.15, 0.2) is 0 Å². The van der Waals surface area contributed by atoms with Crippen LogP contribution < -0.4 is 11.1 Å². The molecule has 3 rings (SSSR count). The van der Waals surface area contributed by atoms with Crippen LogP contribution in [0.25, 0.3) is 0 Å². The zero-order valence-corrected chi connectivity index (χ0v) is 17.2. The van der Waals surface area contributed by atoms with E-state index in [1.165, 1.54) is 6.07 Å². The molecule has 0 spiro atoms. The highest BCUT2D eigenvalue weighted by atomic mass is 35.5. The van der Waals surface area contributed by atoms with E-state index in [1.54, 1.807) is 0 Å². The number of hydrogen-bond donors (Lipinski definition) is 2. The van der Waals surface area contributed by atoms with E-state index in [0.717, 1.165) is 30.7 Å². The smallest absolute Gasteiger partial charge is 0.326 e. The third-order valence-electron chi connectivity index (χ3n) is 4.72. The first-order valence-corrected chi connectivity index (χ1v) is 8.87. The Morgan fingerprint density at radius 3 is 2.41 bits per heavy atom. The second-order valence-corrected chi connectivity index (χ2v) is 6.72. The molecule has 1 atom stereocenters. The lowest BCUT2D eigenvalue weighted by atomic mass is 10.1. The Hall–Kier alpha value is -1.80. The molecule has 0 aromatic heterocycles. The molecule has 1 aliphatic rings. The number of rotatable bonds is 5. The molecule has 1 aliphatic heterocycles. The Bertz CT molecular complexity index is 803. The SMILES string of the molecule is Cl.Cl.NCc1cc(NC(=O)C2CCCN2Cc2ccccc2)cc(C(F)(F)F)c1. The molecule has 0 aliphatic carbocycles. The number of benzene rings is 2. The Balaban J connectivity index is 0.00000210. The standard InChI is InChI=1S/C20H22F3N3O.2ClH/c21-20(22,23)16-9-15(12-24)10-17(11-16)25-19(27)18-7-4-8-26(18)13-14-5-2-1-3-6-14;;/h1-3,5-6,9-11,18H,4,7-8,12-13,24H2,(H,25,27);2*1H.